The Morgan fingerprint density at radius 3 is 2.68 bits per heavy atom. The van der Waals surface area contributed by atoms with E-state index in [1.54, 1.807) is 11.3 Å². The molecule has 1 aromatic heterocycles. The van der Waals surface area contributed by atoms with Gasteiger partial charge in [0.05, 0.1) is 0 Å². The molecule has 2 aromatic carbocycles. The fraction of sp³-hybridized carbons (Fsp3) is 0.391. The van der Waals surface area contributed by atoms with Gasteiger partial charge in [0.1, 0.15) is 0 Å². The van der Waals surface area contributed by atoms with Crippen LogP contribution < -0.4 is 0 Å². The van der Waals surface area contributed by atoms with Gasteiger partial charge in [-0.3, -0.25) is 4.90 Å². The molecule has 2 nitrogen and oxygen atoms in total. The van der Waals surface area contributed by atoms with Gasteiger partial charge in [0.15, 0.2) is 0 Å². The largest absolute Gasteiger partial charge is 0.344 e. The molecule has 1 aliphatic heterocycles. The van der Waals surface area contributed by atoms with E-state index in [0.29, 0.717) is 6.04 Å². The number of aromatic nitrogens is 1. The van der Waals surface area contributed by atoms with E-state index in [1.165, 1.54) is 28.5 Å². The van der Waals surface area contributed by atoms with Crippen molar-refractivity contribution in [2.75, 3.05) is 13.6 Å². The third-order valence-corrected chi connectivity index (χ3v) is 5.84. The lowest BCUT2D eigenvalue weighted by Gasteiger charge is -2.31. The fourth-order valence-electron chi connectivity index (χ4n) is 4.32. The maximum Gasteiger partial charge on any atom is 0.0486 e. The van der Waals surface area contributed by atoms with Gasteiger partial charge >= 0.3 is 0 Å². The summed E-state index contributed by atoms with van der Waals surface area (Å²) in [4.78, 5) is 2.48. The third-order valence-electron chi connectivity index (χ3n) is 5.84. The van der Waals surface area contributed by atoms with E-state index >= 15 is 0 Å². The molecule has 0 radical (unpaired) electrons. The summed E-state index contributed by atoms with van der Waals surface area (Å²) in [5, 5.41) is 1.47. The Bertz CT molecular complexity index is 876. The summed E-state index contributed by atoms with van der Waals surface area (Å²) in [5.41, 5.74) is 7.35. The second kappa shape index (κ2) is 6.68. The van der Waals surface area contributed by atoms with E-state index in [-0.39, 0.29) is 0 Å². The van der Waals surface area contributed by atoms with Crippen molar-refractivity contribution in [1.82, 2.24) is 9.47 Å². The van der Waals surface area contributed by atoms with Gasteiger partial charge in [-0.25, -0.2) is 0 Å². The minimum atomic E-state index is 0.503. The first-order valence-electron chi connectivity index (χ1n) is 9.51. The zero-order valence-corrected chi connectivity index (χ0v) is 15.6. The molecule has 0 saturated heterocycles. The highest BCUT2D eigenvalue weighted by Crippen LogP contribution is 2.37. The molecule has 4 rings (SSSR count). The van der Waals surface area contributed by atoms with Gasteiger partial charge in [-0.2, -0.15) is 0 Å². The molecule has 0 aliphatic carbocycles. The second-order valence-electron chi connectivity index (χ2n) is 7.53. The fourth-order valence-corrected chi connectivity index (χ4v) is 4.32. The van der Waals surface area contributed by atoms with Gasteiger partial charge < -0.3 is 4.57 Å². The predicted octanol–water partition coefficient (Wildman–Crippen LogP) is 5.13. The van der Waals surface area contributed by atoms with Crippen molar-refractivity contribution in [2.24, 2.45) is 0 Å². The molecule has 1 atom stereocenters. The second-order valence-corrected chi connectivity index (χ2v) is 7.53. The first-order valence-corrected chi connectivity index (χ1v) is 9.51. The smallest absolute Gasteiger partial charge is 0.0486 e. The zero-order valence-electron chi connectivity index (χ0n) is 15.6. The van der Waals surface area contributed by atoms with Crippen LogP contribution in [0.1, 0.15) is 41.8 Å². The van der Waals surface area contributed by atoms with Crippen LogP contribution in [-0.4, -0.2) is 23.1 Å². The van der Waals surface area contributed by atoms with E-state index in [0.717, 1.165) is 25.9 Å². The number of benzene rings is 2. The Morgan fingerprint density at radius 1 is 1.08 bits per heavy atom. The lowest BCUT2D eigenvalue weighted by Crippen LogP contribution is -2.31. The minimum absolute atomic E-state index is 0.503. The SMILES string of the molecule is Cc1ccc2c(c1)c1c(n2CCCc2ccccc2)CCN(C)C1C. The Kier molecular flexibility index (Phi) is 4.39. The van der Waals surface area contributed by atoms with Crippen LogP contribution >= 0.6 is 0 Å². The number of fused-ring (bicyclic) bond motifs is 3. The number of hydrogen-bond donors (Lipinski definition) is 0. The molecule has 1 aliphatic rings. The Hall–Kier alpha value is -2.06. The van der Waals surface area contributed by atoms with E-state index in [4.69, 9.17) is 0 Å². The predicted molar refractivity (Wildman–Crippen MR) is 106 cm³/mol. The average Bonchev–Trinajstić information content (AvgIpc) is 2.93. The molecule has 2 heteroatoms. The zero-order chi connectivity index (χ0) is 17.4. The highest BCUT2D eigenvalue weighted by atomic mass is 15.1. The van der Waals surface area contributed by atoms with Gasteiger partial charge in [0, 0.05) is 42.1 Å². The van der Waals surface area contributed by atoms with Crippen LogP contribution in [0.5, 0.6) is 0 Å². The third kappa shape index (κ3) is 3.00. The molecule has 130 valence electrons. The van der Waals surface area contributed by atoms with Crippen molar-refractivity contribution in [2.45, 2.75) is 45.7 Å². The number of aryl methyl sites for hydroxylation is 3. The molecule has 0 N–H and O–H groups in total. The van der Waals surface area contributed by atoms with E-state index < -0.39 is 0 Å². The van der Waals surface area contributed by atoms with Crippen LogP contribution in [0.2, 0.25) is 0 Å². The minimum Gasteiger partial charge on any atom is -0.344 e. The van der Waals surface area contributed by atoms with Gasteiger partial charge in [0.25, 0.3) is 0 Å². The molecule has 0 saturated carbocycles. The summed E-state index contributed by atoms with van der Waals surface area (Å²) in [7, 11) is 2.25. The molecule has 0 amide bonds. The maximum absolute atomic E-state index is 2.61. The van der Waals surface area contributed by atoms with Crippen molar-refractivity contribution >= 4 is 10.9 Å². The first-order chi connectivity index (χ1) is 12.1. The molecular weight excluding hydrogens is 304 g/mol. The lowest BCUT2D eigenvalue weighted by molar-refractivity contribution is 0.245. The molecule has 3 aromatic rings. The molecule has 1 unspecified atom stereocenters. The monoisotopic (exact) mass is 332 g/mol. The number of rotatable bonds is 4. The maximum atomic E-state index is 2.61. The summed E-state index contributed by atoms with van der Waals surface area (Å²) in [6, 6.07) is 18.3. The van der Waals surface area contributed by atoms with Crippen LogP contribution in [0.3, 0.4) is 0 Å². The van der Waals surface area contributed by atoms with E-state index in [1.807, 2.05) is 0 Å². The van der Waals surface area contributed by atoms with Gasteiger partial charge in [-0.1, -0.05) is 42.0 Å². The summed E-state index contributed by atoms with van der Waals surface area (Å²) in [6.07, 6.45) is 3.50. The topological polar surface area (TPSA) is 8.17 Å². The van der Waals surface area contributed by atoms with Gasteiger partial charge in [-0.05, 0) is 57.0 Å². The molecular formula is C23H28N2. The summed E-state index contributed by atoms with van der Waals surface area (Å²) in [5.74, 6) is 0. The van der Waals surface area contributed by atoms with Crippen molar-refractivity contribution in [1.29, 1.82) is 0 Å². The number of nitrogens with zero attached hydrogens (tertiary/aromatic N) is 2. The van der Waals surface area contributed by atoms with Crippen molar-refractivity contribution in [3.05, 3.63) is 70.9 Å². The van der Waals surface area contributed by atoms with Crippen molar-refractivity contribution in [3.8, 4) is 0 Å². The molecule has 0 bridgehead atoms. The van der Waals surface area contributed by atoms with E-state index in [9.17, 15) is 0 Å². The molecule has 0 spiro atoms. The summed E-state index contributed by atoms with van der Waals surface area (Å²) >= 11 is 0. The van der Waals surface area contributed by atoms with Crippen LogP contribution in [0.25, 0.3) is 10.9 Å². The number of hydrogen-bond acceptors (Lipinski definition) is 1. The van der Waals surface area contributed by atoms with Crippen molar-refractivity contribution in [3.63, 3.8) is 0 Å². The van der Waals surface area contributed by atoms with Crippen LogP contribution in [0.4, 0.5) is 0 Å². The summed E-state index contributed by atoms with van der Waals surface area (Å²) in [6.45, 7) is 6.83. The first kappa shape index (κ1) is 16.4. The Morgan fingerprint density at radius 2 is 1.88 bits per heavy atom. The van der Waals surface area contributed by atoms with Crippen LogP contribution in [0.15, 0.2) is 48.5 Å². The standard InChI is InChI=1S/C23H28N2/c1-17-11-12-21-20(16-17)23-18(2)24(3)15-13-22(23)25(21)14-7-10-19-8-5-4-6-9-19/h4-6,8-9,11-12,16,18H,7,10,13-15H2,1-3H3. The van der Waals surface area contributed by atoms with Gasteiger partial charge in [-0.15, -0.1) is 0 Å². The molecule has 0 fully saturated rings. The lowest BCUT2D eigenvalue weighted by atomic mass is 9.97. The van der Waals surface area contributed by atoms with Gasteiger partial charge in [0.2, 0.25) is 0 Å². The van der Waals surface area contributed by atoms with E-state index in [2.05, 4.69) is 78.9 Å². The molecule has 25 heavy (non-hydrogen) atoms. The average molecular weight is 332 g/mol. The summed E-state index contributed by atoms with van der Waals surface area (Å²) < 4.78 is 2.61. The van der Waals surface area contributed by atoms with Crippen molar-refractivity contribution < 1.29 is 0 Å². The van der Waals surface area contributed by atoms with Crippen LogP contribution in [0, 0.1) is 6.92 Å². The Labute approximate surface area is 151 Å². The molecule has 2 heterocycles. The quantitative estimate of drug-likeness (QED) is 0.643. The highest BCUT2D eigenvalue weighted by molar-refractivity contribution is 5.87. The normalized spacial score (nSPS) is 17.8. The van der Waals surface area contributed by atoms with Crippen LogP contribution in [-0.2, 0) is 19.4 Å². The Balaban J connectivity index is 1.68. The number of likely N-dealkylation sites (N-methyl/N-ethyl adjacent to an activating group) is 1. The highest BCUT2D eigenvalue weighted by Gasteiger charge is 2.27.